The largest absolute Gasteiger partial charge is 0.479 e. The summed E-state index contributed by atoms with van der Waals surface area (Å²) < 4.78 is 27.8. The number of hydrogen-bond donors (Lipinski definition) is 2. The minimum atomic E-state index is -3.55. The summed E-state index contributed by atoms with van der Waals surface area (Å²) in [5.74, 6) is -1.89. The Morgan fingerprint density at radius 1 is 1.35 bits per heavy atom. The maximum atomic E-state index is 11.9. The zero-order chi connectivity index (χ0) is 15.3. The van der Waals surface area contributed by atoms with Crippen molar-refractivity contribution in [1.82, 2.24) is 5.32 Å². The van der Waals surface area contributed by atoms with Crippen LogP contribution in [-0.2, 0) is 19.4 Å². The third-order valence-electron chi connectivity index (χ3n) is 2.54. The number of carbonyl (C=O) groups excluding carboxylic acids is 1. The van der Waals surface area contributed by atoms with Crippen LogP contribution in [0.5, 0.6) is 0 Å². The van der Waals surface area contributed by atoms with Crippen LogP contribution in [0.2, 0.25) is 0 Å². The number of sulfone groups is 1. The summed E-state index contributed by atoms with van der Waals surface area (Å²) in [6, 6.07) is 5.69. The van der Waals surface area contributed by atoms with Gasteiger partial charge in [0.2, 0.25) is 0 Å². The van der Waals surface area contributed by atoms with Gasteiger partial charge in [0.05, 0.1) is 17.0 Å². The molecule has 2 N–H and O–H groups in total. The third-order valence-corrected chi connectivity index (χ3v) is 3.69. The Balaban J connectivity index is 2.92. The van der Waals surface area contributed by atoms with E-state index in [1.54, 1.807) is 0 Å². The van der Waals surface area contributed by atoms with Gasteiger partial charge in [-0.25, -0.2) is 13.2 Å². The number of carbonyl (C=O) groups is 2. The molecule has 0 heterocycles. The van der Waals surface area contributed by atoms with Crippen LogP contribution in [0.15, 0.2) is 29.2 Å². The van der Waals surface area contributed by atoms with Crippen LogP contribution in [0.3, 0.4) is 0 Å². The van der Waals surface area contributed by atoms with E-state index in [1.807, 2.05) is 0 Å². The molecule has 7 nitrogen and oxygen atoms in total. The maximum Gasteiger partial charge on any atom is 0.334 e. The van der Waals surface area contributed by atoms with Gasteiger partial charge in [0, 0.05) is 13.4 Å². The van der Waals surface area contributed by atoms with Crippen molar-refractivity contribution < 1.29 is 27.9 Å². The van der Waals surface area contributed by atoms with Gasteiger partial charge in [0.15, 0.2) is 15.9 Å². The Morgan fingerprint density at radius 2 is 1.95 bits per heavy atom. The minimum Gasteiger partial charge on any atom is -0.479 e. The smallest absolute Gasteiger partial charge is 0.334 e. The molecular weight excluding hydrogens is 286 g/mol. The Bertz CT molecular complexity index is 610. The van der Waals surface area contributed by atoms with Crippen molar-refractivity contribution in [1.29, 1.82) is 0 Å². The number of carboxylic acid groups (broad SMARTS) is 1. The molecule has 0 aromatic heterocycles. The molecule has 1 unspecified atom stereocenters. The van der Waals surface area contributed by atoms with Crippen LogP contribution in [0.4, 0.5) is 0 Å². The molecule has 0 bridgehead atoms. The van der Waals surface area contributed by atoms with Gasteiger partial charge < -0.3 is 15.2 Å². The van der Waals surface area contributed by atoms with Crippen molar-refractivity contribution in [3.63, 3.8) is 0 Å². The van der Waals surface area contributed by atoms with Crippen LogP contribution < -0.4 is 5.32 Å². The molecule has 1 aromatic carbocycles. The molecular formula is C12H15NO6S. The zero-order valence-electron chi connectivity index (χ0n) is 11.0. The summed E-state index contributed by atoms with van der Waals surface area (Å²) in [4.78, 5) is 22.6. The molecule has 110 valence electrons. The molecule has 0 fully saturated rings. The standard InChI is InChI=1S/C12H15NO6S/c1-19-9(12(15)16)7-13-11(14)8-5-3-4-6-10(8)20(2,17)18/h3-6,9H,7H2,1-2H3,(H,13,14)(H,15,16). The molecule has 1 aromatic rings. The first-order valence-corrected chi connectivity index (χ1v) is 7.49. The van der Waals surface area contributed by atoms with Crippen LogP contribution in [0, 0.1) is 0 Å². The molecule has 0 radical (unpaired) electrons. The molecule has 0 saturated carbocycles. The number of carboxylic acids is 1. The molecule has 20 heavy (non-hydrogen) atoms. The van der Waals surface area contributed by atoms with Gasteiger partial charge in [-0.1, -0.05) is 12.1 Å². The Labute approximate surface area is 116 Å². The van der Waals surface area contributed by atoms with E-state index in [1.165, 1.54) is 31.4 Å². The molecule has 0 aliphatic rings. The lowest BCUT2D eigenvalue weighted by molar-refractivity contribution is -0.148. The highest BCUT2D eigenvalue weighted by atomic mass is 32.2. The summed E-state index contributed by atoms with van der Waals surface area (Å²) in [7, 11) is -2.34. The Morgan fingerprint density at radius 3 is 2.45 bits per heavy atom. The maximum absolute atomic E-state index is 11.9. The quantitative estimate of drug-likeness (QED) is 0.760. The van der Waals surface area contributed by atoms with E-state index in [0.717, 1.165) is 6.26 Å². The van der Waals surface area contributed by atoms with Gasteiger partial charge in [0.1, 0.15) is 0 Å². The lowest BCUT2D eigenvalue weighted by Gasteiger charge is -2.12. The average molecular weight is 301 g/mol. The molecule has 0 spiro atoms. The minimum absolute atomic E-state index is 0.0322. The van der Waals surface area contributed by atoms with E-state index in [9.17, 15) is 18.0 Å². The lowest BCUT2D eigenvalue weighted by atomic mass is 10.2. The van der Waals surface area contributed by atoms with Crippen LogP contribution in [0.25, 0.3) is 0 Å². The van der Waals surface area contributed by atoms with Crippen LogP contribution >= 0.6 is 0 Å². The first kappa shape index (κ1) is 16.1. The van der Waals surface area contributed by atoms with Gasteiger partial charge in [-0.2, -0.15) is 0 Å². The van der Waals surface area contributed by atoms with E-state index < -0.39 is 27.8 Å². The third kappa shape index (κ3) is 4.04. The number of ether oxygens (including phenoxy) is 1. The number of hydrogen-bond acceptors (Lipinski definition) is 5. The van der Waals surface area contributed by atoms with Crippen LogP contribution in [-0.4, -0.2) is 51.4 Å². The summed E-state index contributed by atoms with van der Waals surface area (Å²) in [5, 5.41) is 11.1. The molecule has 1 atom stereocenters. The van der Waals surface area contributed by atoms with Crippen molar-refractivity contribution >= 4 is 21.7 Å². The Hall–Kier alpha value is -1.93. The second-order valence-electron chi connectivity index (χ2n) is 4.04. The number of aliphatic carboxylic acids is 1. The highest BCUT2D eigenvalue weighted by Crippen LogP contribution is 2.15. The predicted molar refractivity (Wildman–Crippen MR) is 70.3 cm³/mol. The number of methoxy groups -OCH3 is 1. The van der Waals surface area contributed by atoms with Crippen molar-refractivity contribution in [2.24, 2.45) is 0 Å². The molecule has 0 saturated heterocycles. The zero-order valence-corrected chi connectivity index (χ0v) is 11.8. The van der Waals surface area contributed by atoms with E-state index in [0.29, 0.717) is 0 Å². The monoisotopic (exact) mass is 301 g/mol. The Kier molecular flexibility index (Phi) is 5.23. The number of amides is 1. The molecule has 1 rings (SSSR count). The van der Waals surface area contributed by atoms with Gasteiger partial charge in [0.25, 0.3) is 5.91 Å². The van der Waals surface area contributed by atoms with Gasteiger partial charge >= 0.3 is 5.97 Å². The predicted octanol–water partition coefficient (Wildman–Crippen LogP) is -0.0805. The normalized spacial score (nSPS) is 12.7. The molecule has 0 aliphatic heterocycles. The van der Waals surface area contributed by atoms with E-state index in [4.69, 9.17) is 5.11 Å². The van der Waals surface area contributed by atoms with Crippen molar-refractivity contribution in [2.75, 3.05) is 19.9 Å². The fraction of sp³-hybridized carbons (Fsp3) is 0.333. The number of nitrogens with one attached hydrogen (secondary N) is 1. The van der Waals surface area contributed by atoms with Crippen molar-refractivity contribution in [2.45, 2.75) is 11.0 Å². The van der Waals surface area contributed by atoms with Crippen LogP contribution in [0.1, 0.15) is 10.4 Å². The highest BCUT2D eigenvalue weighted by molar-refractivity contribution is 7.90. The van der Waals surface area contributed by atoms with E-state index in [-0.39, 0.29) is 17.0 Å². The van der Waals surface area contributed by atoms with Gasteiger partial charge in [-0.15, -0.1) is 0 Å². The second kappa shape index (κ2) is 6.49. The topological polar surface area (TPSA) is 110 Å². The highest BCUT2D eigenvalue weighted by Gasteiger charge is 2.21. The fourth-order valence-corrected chi connectivity index (χ4v) is 2.42. The fourth-order valence-electron chi connectivity index (χ4n) is 1.53. The molecule has 0 aliphatic carbocycles. The number of rotatable bonds is 6. The lowest BCUT2D eigenvalue weighted by Crippen LogP contribution is -2.38. The summed E-state index contributed by atoms with van der Waals surface area (Å²) in [5.41, 5.74) is -0.0322. The molecule has 1 amide bonds. The average Bonchev–Trinajstić information content (AvgIpc) is 2.37. The van der Waals surface area contributed by atoms with Crippen molar-refractivity contribution in [3.05, 3.63) is 29.8 Å². The van der Waals surface area contributed by atoms with Gasteiger partial charge in [-0.05, 0) is 12.1 Å². The van der Waals surface area contributed by atoms with E-state index >= 15 is 0 Å². The van der Waals surface area contributed by atoms with Gasteiger partial charge in [-0.3, -0.25) is 4.79 Å². The summed E-state index contributed by atoms with van der Waals surface area (Å²) >= 11 is 0. The first-order chi connectivity index (χ1) is 9.27. The van der Waals surface area contributed by atoms with Crippen molar-refractivity contribution in [3.8, 4) is 0 Å². The molecule has 8 heteroatoms. The SMILES string of the molecule is COC(CNC(=O)c1ccccc1S(C)(=O)=O)C(=O)O. The van der Waals surface area contributed by atoms with E-state index in [2.05, 4.69) is 10.1 Å². The number of benzene rings is 1. The summed E-state index contributed by atoms with van der Waals surface area (Å²) in [6.45, 7) is -0.261. The first-order valence-electron chi connectivity index (χ1n) is 5.60. The summed E-state index contributed by atoms with van der Waals surface area (Å²) in [6.07, 6.45) is -0.196. The second-order valence-corrected chi connectivity index (χ2v) is 6.03.